The minimum absolute atomic E-state index is 0.0310. The summed E-state index contributed by atoms with van der Waals surface area (Å²) in [5.41, 5.74) is -2.26. The molecule has 1 unspecified atom stereocenters. The second-order valence-electron chi connectivity index (χ2n) is 5.49. The molecule has 1 atom stereocenters. The molecule has 2 rings (SSSR count). The molecule has 1 aromatic rings. The molecule has 1 aliphatic heterocycles. The Bertz CT molecular complexity index is 806. The van der Waals surface area contributed by atoms with Crippen LogP contribution < -0.4 is 9.03 Å². The lowest BCUT2D eigenvalue weighted by atomic mass is 10.1. The van der Waals surface area contributed by atoms with Gasteiger partial charge in [-0.05, 0) is 26.0 Å². The molecule has 0 amide bonds. The van der Waals surface area contributed by atoms with Crippen LogP contribution in [0.3, 0.4) is 0 Å². The maximum absolute atomic E-state index is 12.9. The van der Waals surface area contributed by atoms with Crippen LogP contribution in [-0.4, -0.2) is 57.4 Å². The molecule has 136 valence electrons. The summed E-state index contributed by atoms with van der Waals surface area (Å²) in [7, 11) is -1.22. The van der Waals surface area contributed by atoms with Gasteiger partial charge in [0.25, 0.3) is 0 Å². The summed E-state index contributed by atoms with van der Waals surface area (Å²) in [6.07, 6.45) is 0. The van der Waals surface area contributed by atoms with Crippen molar-refractivity contribution in [3.05, 3.63) is 30.3 Å². The second kappa shape index (κ2) is 6.71. The van der Waals surface area contributed by atoms with E-state index in [1.54, 1.807) is 25.1 Å². The van der Waals surface area contributed by atoms with Crippen molar-refractivity contribution in [3.8, 4) is 0 Å². The van der Waals surface area contributed by atoms with Crippen LogP contribution in [0.5, 0.6) is 0 Å². The van der Waals surface area contributed by atoms with Crippen molar-refractivity contribution in [2.75, 3.05) is 25.0 Å². The van der Waals surface area contributed by atoms with Crippen LogP contribution in [0.2, 0.25) is 0 Å². The Morgan fingerprint density at radius 1 is 1.28 bits per heavy atom. The molecule has 0 spiro atoms. The zero-order valence-corrected chi connectivity index (χ0v) is 15.2. The number of benzene rings is 1. The summed E-state index contributed by atoms with van der Waals surface area (Å²) in [6, 6.07) is 7.79. The predicted octanol–water partition coefficient (Wildman–Crippen LogP) is 0.107. The van der Waals surface area contributed by atoms with Gasteiger partial charge in [-0.25, -0.2) is 18.8 Å². The van der Waals surface area contributed by atoms with Gasteiger partial charge in [0, 0.05) is 14.1 Å². The highest BCUT2D eigenvalue weighted by molar-refractivity contribution is 7.91. The summed E-state index contributed by atoms with van der Waals surface area (Å²) >= 11 is 0. The second-order valence-corrected chi connectivity index (χ2v) is 7.01. The monoisotopic (exact) mass is 368 g/mol. The van der Waals surface area contributed by atoms with E-state index in [-0.39, 0.29) is 18.3 Å². The smallest absolute Gasteiger partial charge is 0.364 e. The SMILES string of the molecule is CCOC(=O)C1(C(C)=O)N=C(N(C)C)NS(=O)(=O)N1c1ccccc1. The third-order valence-corrected chi connectivity index (χ3v) is 4.88. The van der Waals surface area contributed by atoms with Crippen LogP contribution in [0.15, 0.2) is 35.3 Å². The van der Waals surface area contributed by atoms with E-state index >= 15 is 0 Å². The number of Topliss-reactive ketones (excluding diaryl/α,β-unsaturated/α-hetero) is 1. The lowest BCUT2D eigenvalue weighted by molar-refractivity contribution is -0.152. The number of hydrogen-bond donors (Lipinski definition) is 1. The van der Waals surface area contributed by atoms with Crippen LogP contribution in [-0.2, 0) is 24.5 Å². The van der Waals surface area contributed by atoms with E-state index in [0.29, 0.717) is 4.31 Å². The normalized spacial score (nSPS) is 21.8. The van der Waals surface area contributed by atoms with E-state index in [4.69, 9.17) is 4.74 Å². The number of ketones is 1. The Morgan fingerprint density at radius 2 is 1.88 bits per heavy atom. The molecule has 0 fully saturated rings. The first-order valence-electron chi connectivity index (χ1n) is 7.50. The van der Waals surface area contributed by atoms with Crippen molar-refractivity contribution in [1.29, 1.82) is 0 Å². The summed E-state index contributed by atoms with van der Waals surface area (Å²) in [6.45, 7) is 2.63. The minimum Gasteiger partial charge on any atom is -0.462 e. The molecule has 0 saturated heterocycles. The molecule has 0 radical (unpaired) electrons. The fraction of sp³-hybridized carbons (Fsp3) is 0.400. The van der Waals surface area contributed by atoms with Gasteiger partial charge in [0.15, 0.2) is 5.78 Å². The van der Waals surface area contributed by atoms with E-state index in [0.717, 1.165) is 6.92 Å². The number of aliphatic imine (C=N–C) groups is 1. The van der Waals surface area contributed by atoms with E-state index in [2.05, 4.69) is 9.71 Å². The fourth-order valence-corrected chi connectivity index (χ4v) is 3.90. The highest BCUT2D eigenvalue weighted by Gasteiger charge is 2.58. The number of nitrogens with zero attached hydrogens (tertiary/aromatic N) is 3. The standard InChI is InChI=1S/C15H20N4O5S/c1-5-24-13(21)15(11(2)20)16-14(18(3)4)17-25(22,23)19(15)12-9-7-6-8-10-12/h6-10H,5H2,1-4H3,(H,16,17). The number of carbonyl (C=O) groups excluding carboxylic acids is 2. The third kappa shape index (κ3) is 3.16. The molecule has 0 bridgehead atoms. The molecule has 0 aromatic heterocycles. The maximum atomic E-state index is 12.9. The van der Waals surface area contributed by atoms with Crippen LogP contribution in [0.25, 0.3) is 0 Å². The minimum atomic E-state index is -4.30. The first-order valence-corrected chi connectivity index (χ1v) is 8.94. The molecule has 1 heterocycles. The van der Waals surface area contributed by atoms with Crippen molar-refractivity contribution in [1.82, 2.24) is 9.62 Å². The van der Waals surface area contributed by atoms with Crippen LogP contribution in [0.1, 0.15) is 13.8 Å². The summed E-state index contributed by atoms with van der Waals surface area (Å²) in [4.78, 5) is 30.7. The summed E-state index contributed by atoms with van der Waals surface area (Å²) < 4.78 is 33.7. The Labute approximate surface area is 146 Å². The number of rotatable bonds is 4. The Morgan fingerprint density at radius 3 is 2.36 bits per heavy atom. The molecule has 0 aliphatic carbocycles. The molecule has 25 heavy (non-hydrogen) atoms. The molecule has 1 aromatic carbocycles. The lowest BCUT2D eigenvalue weighted by Crippen LogP contribution is -2.69. The average Bonchev–Trinajstić information content (AvgIpc) is 2.53. The predicted molar refractivity (Wildman–Crippen MR) is 92.1 cm³/mol. The van der Waals surface area contributed by atoms with E-state index < -0.39 is 27.6 Å². The number of anilines is 1. The van der Waals surface area contributed by atoms with Crippen molar-refractivity contribution in [2.24, 2.45) is 4.99 Å². The van der Waals surface area contributed by atoms with Crippen molar-refractivity contribution in [3.63, 3.8) is 0 Å². The number of carbonyl (C=O) groups is 2. The van der Waals surface area contributed by atoms with Crippen LogP contribution in [0, 0.1) is 0 Å². The zero-order chi connectivity index (χ0) is 18.8. The molecule has 10 heteroatoms. The first-order chi connectivity index (χ1) is 11.7. The van der Waals surface area contributed by atoms with E-state index in [1.807, 2.05) is 0 Å². The number of ether oxygens (including phenoxy) is 1. The van der Waals surface area contributed by atoms with Gasteiger partial charge in [-0.3, -0.25) is 4.79 Å². The van der Waals surface area contributed by atoms with Gasteiger partial charge >= 0.3 is 21.8 Å². The van der Waals surface area contributed by atoms with Crippen LogP contribution in [0.4, 0.5) is 5.69 Å². The Balaban J connectivity index is 2.84. The topological polar surface area (TPSA) is 108 Å². The average molecular weight is 368 g/mol. The molecule has 1 N–H and O–H groups in total. The van der Waals surface area contributed by atoms with Crippen molar-refractivity contribution < 1.29 is 22.7 Å². The van der Waals surface area contributed by atoms with Gasteiger partial charge in [-0.15, -0.1) is 0 Å². The number of nitrogens with one attached hydrogen (secondary N) is 1. The highest BCUT2D eigenvalue weighted by atomic mass is 32.2. The Kier molecular flexibility index (Phi) is 5.02. The molecule has 0 saturated carbocycles. The van der Waals surface area contributed by atoms with Gasteiger partial charge in [-0.1, -0.05) is 18.2 Å². The number of hydrogen-bond acceptors (Lipinski definition) is 7. The number of esters is 1. The number of para-hydroxylation sites is 1. The summed E-state index contributed by atoms with van der Waals surface area (Å²) in [5.74, 6) is -1.98. The zero-order valence-electron chi connectivity index (χ0n) is 14.4. The molecular formula is C15H20N4O5S. The highest BCUT2D eigenvalue weighted by Crippen LogP contribution is 2.33. The Hall–Kier alpha value is -2.62. The van der Waals surface area contributed by atoms with E-state index in [1.165, 1.54) is 31.1 Å². The molecular weight excluding hydrogens is 348 g/mol. The summed E-state index contributed by atoms with van der Waals surface area (Å²) in [5, 5.41) is 0. The van der Waals surface area contributed by atoms with Gasteiger partial charge in [0.2, 0.25) is 5.96 Å². The number of guanidine groups is 1. The van der Waals surface area contributed by atoms with Gasteiger partial charge in [0.1, 0.15) is 0 Å². The largest absolute Gasteiger partial charge is 0.462 e. The van der Waals surface area contributed by atoms with Gasteiger partial charge in [0.05, 0.1) is 12.3 Å². The van der Waals surface area contributed by atoms with E-state index in [9.17, 15) is 18.0 Å². The molecule has 9 nitrogen and oxygen atoms in total. The van der Waals surface area contributed by atoms with Gasteiger partial charge < -0.3 is 9.64 Å². The van der Waals surface area contributed by atoms with Crippen molar-refractivity contribution in [2.45, 2.75) is 19.5 Å². The van der Waals surface area contributed by atoms with Crippen molar-refractivity contribution >= 4 is 33.6 Å². The fourth-order valence-electron chi connectivity index (χ4n) is 2.36. The van der Waals surface area contributed by atoms with Gasteiger partial charge in [-0.2, -0.15) is 8.42 Å². The maximum Gasteiger partial charge on any atom is 0.364 e. The molecule has 1 aliphatic rings. The quantitative estimate of drug-likeness (QED) is 0.597. The third-order valence-electron chi connectivity index (χ3n) is 3.49. The first kappa shape index (κ1) is 18.7. The lowest BCUT2D eigenvalue weighted by Gasteiger charge is -2.41. The van der Waals surface area contributed by atoms with Crippen LogP contribution >= 0.6 is 0 Å².